The maximum atomic E-state index is 12.9. The lowest BCUT2D eigenvalue weighted by atomic mass is 10.1. The van der Waals surface area contributed by atoms with E-state index in [0.717, 1.165) is 0 Å². The van der Waals surface area contributed by atoms with Gasteiger partial charge in [-0.25, -0.2) is 9.37 Å². The number of carbonyl (C=O) groups excluding carboxylic acids is 1. The molecule has 16 heavy (non-hydrogen) atoms. The molecule has 2 aromatic rings. The van der Waals surface area contributed by atoms with Crippen LogP contribution < -0.4 is 0 Å². The van der Waals surface area contributed by atoms with Crippen LogP contribution in [0.3, 0.4) is 0 Å². The Labute approximate surface area is 95.3 Å². The molecule has 0 bridgehead atoms. The smallest absolute Gasteiger partial charge is 0.183 e. The highest BCUT2D eigenvalue weighted by atomic mass is 32.2. The van der Waals surface area contributed by atoms with Gasteiger partial charge in [0.1, 0.15) is 12.1 Å². The van der Waals surface area contributed by atoms with Crippen molar-refractivity contribution in [1.29, 1.82) is 0 Å². The van der Waals surface area contributed by atoms with Crippen molar-refractivity contribution in [3.8, 4) is 0 Å². The van der Waals surface area contributed by atoms with Gasteiger partial charge < -0.3 is 0 Å². The molecule has 4 nitrogen and oxygen atoms in total. The average molecular weight is 237 g/mol. The molecule has 0 aliphatic rings. The summed E-state index contributed by atoms with van der Waals surface area (Å²) >= 11 is 1.23. The summed E-state index contributed by atoms with van der Waals surface area (Å²) in [5.41, 5.74) is 0.368. The van der Waals surface area contributed by atoms with Crippen LogP contribution in [0.5, 0.6) is 0 Å². The fourth-order valence-corrected chi connectivity index (χ4v) is 1.82. The Morgan fingerprint density at radius 2 is 2.38 bits per heavy atom. The molecule has 0 aliphatic carbocycles. The van der Waals surface area contributed by atoms with Gasteiger partial charge >= 0.3 is 0 Å². The third kappa shape index (κ3) is 2.66. The first-order valence-corrected chi connectivity index (χ1v) is 5.51. The molecule has 0 fully saturated rings. The van der Waals surface area contributed by atoms with E-state index in [2.05, 4.69) is 15.2 Å². The number of benzene rings is 1. The van der Waals surface area contributed by atoms with Crippen LogP contribution in [0.2, 0.25) is 0 Å². The van der Waals surface area contributed by atoms with Gasteiger partial charge in [0.15, 0.2) is 10.9 Å². The Morgan fingerprint density at radius 3 is 3.06 bits per heavy atom. The molecule has 0 unspecified atom stereocenters. The second-order valence-electron chi connectivity index (χ2n) is 3.01. The van der Waals surface area contributed by atoms with Gasteiger partial charge in [-0.1, -0.05) is 23.9 Å². The largest absolute Gasteiger partial charge is 0.293 e. The summed E-state index contributed by atoms with van der Waals surface area (Å²) in [7, 11) is 0. The molecule has 0 radical (unpaired) electrons. The van der Waals surface area contributed by atoms with Crippen molar-refractivity contribution in [2.45, 2.75) is 5.16 Å². The lowest BCUT2D eigenvalue weighted by molar-refractivity contribution is 0.102. The van der Waals surface area contributed by atoms with E-state index in [4.69, 9.17) is 0 Å². The first-order valence-electron chi connectivity index (χ1n) is 4.52. The van der Waals surface area contributed by atoms with Crippen molar-refractivity contribution in [3.63, 3.8) is 0 Å². The van der Waals surface area contributed by atoms with E-state index in [9.17, 15) is 9.18 Å². The number of carbonyl (C=O) groups is 1. The van der Waals surface area contributed by atoms with Crippen molar-refractivity contribution >= 4 is 17.5 Å². The average Bonchev–Trinajstić information content (AvgIpc) is 2.78. The molecule has 0 saturated carbocycles. The van der Waals surface area contributed by atoms with Gasteiger partial charge in [0.05, 0.1) is 5.75 Å². The summed E-state index contributed by atoms with van der Waals surface area (Å²) < 4.78 is 12.9. The van der Waals surface area contributed by atoms with Crippen molar-refractivity contribution < 1.29 is 9.18 Å². The van der Waals surface area contributed by atoms with E-state index < -0.39 is 5.82 Å². The zero-order chi connectivity index (χ0) is 11.4. The lowest BCUT2D eigenvalue weighted by Crippen LogP contribution is -2.02. The highest BCUT2D eigenvalue weighted by Crippen LogP contribution is 2.14. The van der Waals surface area contributed by atoms with Gasteiger partial charge in [-0.3, -0.25) is 9.89 Å². The predicted molar refractivity (Wildman–Crippen MR) is 57.8 cm³/mol. The molecule has 0 saturated heterocycles. The zero-order valence-corrected chi connectivity index (χ0v) is 9.00. The molecule has 82 valence electrons. The molecule has 0 atom stereocenters. The van der Waals surface area contributed by atoms with Gasteiger partial charge in [0.25, 0.3) is 0 Å². The summed E-state index contributed by atoms with van der Waals surface area (Å²) in [6.07, 6.45) is 1.37. The van der Waals surface area contributed by atoms with E-state index in [1.165, 1.54) is 36.3 Å². The van der Waals surface area contributed by atoms with E-state index in [0.29, 0.717) is 10.7 Å². The number of Topliss-reactive ketones (excluding diaryl/α,β-unsaturated/α-hetero) is 1. The van der Waals surface area contributed by atoms with E-state index in [1.54, 1.807) is 6.07 Å². The minimum Gasteiger partial charge on any atom is -0.293 e. The van der Waals surface area contributed by atoms with Crippen LogP contribution in [0.1, 0.15) is 10.4 Å². The number of aromatic nitrogens is 3. The Balaban J connectivity index is 1.98. The Bertz CT molecular complexity index is 487. The second-order valence-corrected chi connectivity index (χ2v) is 3.98. The van der Waals surface area contributed by atoms with E-state index in [-0.39, 0.29) is 11.5 Å². The van der Waals surface area contributed by atoms with Gasteiger partial charge in [0.2, 0.25) is 0 Å². The number of nitrogens with one attached hydrogen (secondary N) is 1. The standard InChI is InChI=1S/C10H8FN3OS/c11-8-3-1-2-7(4-8)9(15)5-16-10-12-6-13-14-10/h1-4,6H,5H2,(H,12,13,14). The predicted octanol–water partition coefficient (Wildman–Crippen LogP) is 1.92. The highest BCUT2D eigenvalue weighted by molar-refractivity contribution is 7.99. The summed E-state index contributed by atoms with van der Waals surface area (Å²) in [6, 6.07) is 5.64. The van der Waals surface area contributed by atoms with Crippen molar-refractivity contribution in [2.24, 2.45) is 0 Å². The summed E-state index contributed by atoms with van der Waals surface area (Å²) in [4.78, 5) is 15.5. The molecule has 2 rings (SSSR count). The molecule has 1 N–H and O–H groups in total. The number of aromatic amines is 1. The van der Waals surface area contributed by atoms with Crippen LogP contribution in [0.15, 0.2) is 35.7 Å². The van der Waals surface area contributed by atoms with E-state index in [1.807, 2.05) is 0 Å². The third-order valence-electron chi connectivity index (χ3n) is 1.88. The molecule has 1 aromatic carbocycles. The number of halogens is 1. The number of hydrogen-bond acceptors (Lipinski definition) is 4. The van der Waals surface area contributed by atoms with Crippen LogP contribution in [0, 0.1) is 5.82 Å². The topological polar surface area (TPSA) is 58.6 Å². The fourth-order valence-electron chi connectivity index (χ4n) is 1.14. The SMILES string of the molecule is O=C(CSc1ncn[nH]1)c1cccc(F)c1. The molecule has 1 aromatic heterocycles. The van der Waals surface area contributed by atoms with E-state index >= 15 is 0 Å². The number of ketones is 1. The Kier molecular flexibility index (Phi) is 3.31. The van der Waals surface area contributed by atoms with Gasteiger partial charge in [-0.15, -0.1) is 0 Å². The number of hydrogen-bond donors (Lipinski definition) is 1. The van der Waals surface area contributed by atoms with Crippen LogP contribution in [0.4, 0.5) is 4.39 Å². The fraction of sp³-hybridized carbons (Fsp3) is 0.100. The van der Waals surface area contributed by atoms with Crippen LogP contribution in [0.25, 0.3) is 0 Å². The molecule has 6 heteroatoms. The molecule has 0 amide bonds. The third-order valence-corrected chi connectivity index (χ3v) is 2.76. The van der Waals surface area contributed by atoms with Crippen LogP contribution in [-0.2, 0) is 0 Å². The molecular formula is C10H8FN3OS. The van der Waals surface area contributed by atoms with Crippen LogP contribution in [-0.4, -0.2) is 26.7 Å². The monoisotopic (exact) mass is 237 g/mol. The van der Waals surface area contributed by atoms with Gasteiger partial charge in [-0.05, 0) is 12.1 Å². The Hall–Kier alpha value is -1.69. The normalized spacial score (nSPS) is 10.3. The minimum atomic E-state index is -0.407. The lowest BCUT2D eigenvalue weighted by Gasteiger charge is -1.99. The number of thioether (sulfide) groups is 1. The second kappa shape index (κ2) is 4.89. The zero-order valence-electron chi connectivity index (χ0n) is 8.18. The molecule has 0 aliphatic heterocycles. The molecule has 0 spiro atoms. The maximum absolute atomic E-state index is 12.9. The van der Waals surface area contributed by atoms with Crippen LogP contribution >= 0.6 is 11.8 Å². The van der Waals surface area contributed by atoms with Crippen molar-refractivity contribution in [2.75, 3.05) is 5.75 Å². The first kappa shape index (κ1) is 10.8. The summed E-state index contributed by atoms with van der Waals surface area (Å²) in [5.74, 6) is -0.338. The van der Waals surface area contributed by atoms with Gasteiger partial charge in [0, 0.05) is 5.56 Å². The van der Waals surface area contributed by atoms with Gasteiger partial charge in [-0.2, -0.15) is 5.10 Å². The Morgan fingerprint density at radius 1 is 1.50 bits per heavy atom. The number of nitrogens with zero attached hydrogens (tertiary/aromatic N) is 2. The number of H-pyrrole nitrogens is 1. The quantitative estimate of drug-likeness (QED) is 0.652. The summed E-state index contributed by atoms with van der Waals surface area (Å²) in [6.45, 7) is 0. The highest BCUT2D eigenvalue weighted by Gasteiger charge is 2.08. The minimum absolute atomic E-state index is 0.138. The molecular weight excluding hydrogens is 229 g/mol. The summed E-state index contributed by atoms with van der Waals surface area (Å²) in [5, 5.41) is 6.86. The van der Waals surface area contributed by atoms with Crippen molar-refractivity contribution in [1.82, 2.24) is 15.2 Å². The molecule has 1 heterocycles. The first-order chi connectivity index (χ1) is 7.75. The maximum Gasteiger partial charge on any atom is 0.183 e. The van der Waals surface area contributed by atoms with Crippen molar-refractivity contribution in [3.05, 3.63) is 42.0 Å². The number of rotatable bonds is 4.